The number of hydrogen-bond acceptors (Lipinski definition) is 3. The molecule has 1 saturated carbocycles. The van der Waals surface area contributed by atoms with E-state index < -0.39 is 5.82 Å². The van der Waals surface area contributed by atoms with Crippen molar-refractivity contribution >= 4 is 5.78 Å². The minimum atomic E-state index is -0.412. The van der Waals surface area contributed by atoms with Crippen LogP contribution in [0.15, 0.2) is 36.8 Å². The standard InChI is InChI=1S/C21H23FN4O/c1-14(27)20-9-18(22)7-8-19(20)21-17(13-25(2)24-21)6-5-16-10-23-26(12-16)11-15-3-4-15/h7-10,12-13,15H,3-6,11H2,1-2H3. The van der Waals surface area contributed by atoms with Gasteiger partial charge in [-0.15, -0.1) is 0 Å². The first kappa shape index (κ1) is 17.6. The second-order valence-corrected chi connectivity index (χ2v) is 7.44. The van der Waals surface area contributed by atoms with Crippen molar-refractivity contribution in [3.05, 3.63) is 59.3 Å². The highest BCUT2D eigenvalue weighted by Gasteiger charge is 2.22. The molecule has 1 aromatic carbocycles. The van der Waals surface area contributed by atoms with E-state index in [1.165, 1.54) is 37.5 Å². The Kier molecular flexibility index (Phi) is 4.64. The maximum Gasteiger partial charge on any atom is 0.160 e. The van der Waals surface area contributed by atoms with Crippen molar-refractivity contribution < 1.29 is 9.18 Å². The number of ketones is 1. The van der Waals surface area contributed by atoms with Crippen LogP contribution in [-0.4, -0.2) is 25.3 Å². The molecule has 4 rings (SSSR count). The lowest BCUT2D eigenvalue weighted by Crippen LogP contribution is -2.00. The van der Waals surface area contributed by atoms with E-state index in [2.05, 4.69) is 16.4 Å². The van der Waals surface area contributed by atoms with E-state index in [0.29, 0.717) is 11.1 Å². The molecule has 0 saturated heterocycles. The fourth-order valence-corrected chi connectivity index (χ4v) is 3.44. The zero-order valence-corrected chi connectivity index (χ0v) is 15.7. The first-order chi connectivity index (χ1) is 13.0. The molecule has 0 atom stereocenters. The van der Waals surface area contributed by atoms with Crippen LogP contribution in [0, 0.1) is 11.7 Å². The van der Waals surface area contributed by atoms with Crippen molar-refractivity contribution in [1.29, 1.82) is 0 Å². The maximum absolute atomic E-state index is 13.6. The summed E-state index contributed by atoms with van der Waals surface area (Å²) in [6, 6.07) is 4.31. The van der Waals surface area contributed by atoms with Crippen molar-refractivity contribution in [3.63, 3.8) is 0 Å². The Balaban J connectivity index is 1.56. The lowest BCUT2D eigenvalue weighted by Gasteiger charge is -2.07. The summed E-state index contributed by atoms with van der Waals surface area (Å²) >= 11 is 0. The zero-order chi connectivity index (χ0) is 19.0. The third kappa shape index (κ3) is 3.99. The van der Waals surface area contributed by atoms with Crippen LogP contribution in [0.4, 0.5) is 4.39 Å². The zero-order valence-electron chi connectivity index (χ0n) is 15.7. The number of aryl methyl sites for hydroxylation is 3. The molecule has 2 aromatic heterocycles. The maximum atomic E-state index is 13.6. The van der Waals surface area contributed by atoms with Gasteiger partial charge in [0.05, 0.1) is 11.9 Å². The Morgan fingerprint density at radius 2 is 2.07 bits per heavy atom. The second-order valence-electron chi connectivity index (χ2n) is 7.44. The molecular weight excluding hydrogens is 343 g/mol. The van der Waals surface area contributed by atoms with Gasteiger partial charge in [0.1, 0.15) is 5.82 Å². The summed E-state index contributed by atoms with van der Waals surface area (Å²) < 4.78 is 17.4. The molecular formula is C21H23FN4O. The first-order valence-corrected chi connectivity index (χ1v) is 9.34. The van der Waals surface area contributed by atoms with Crippen LogP contribution < -0.4 is 0 Å². The quantitative estimate of drug-likeness (QED) is 0.597. The van der Waals surface area contributed by atoms with E-state index in [9.17, 15) is 9.18 Å². The predicted molar refractivity (Wildman–Crippen MR) is 101 cm³/mol. The van der Waals surface area contributed by atoms with Crippen LogP contribution in [0.5, 0.6) is 0 Å². The number of carbonyl (C=O) groups is 1. The van der Waals surface area contributed by atoms with E-state index in [0.717, 1.165) is 36.6 Å². The van der Waals surface area contributed by atoms with Crippen LogP contribution in [0.2, 0.25) is 0 Å². The van der Waals surface area contributed by atoms with E-state index in [4.69, 9.17) is 0 Å². The molecule has 0 N–H and O–H groups in total. The predicted octanol–water partition coefficient (Wildman–Crippen LogP) is 3.82. The fourth-order valence-electron chi connectivity index (χ4n) is 3.44. The molecule has 0 unspecified atom stereocenters. The van der Waals surface area contributed by atoms with E-state index in [1.54, 1.807) is 10.7 Å². The molecule has 2 heterocycles. The van der Waals surface area contributed by atoms with Crippen molar-refractivity contribution in [3.8, 4) is 11.3 Å². The summed E-state index contributed by atoms with van der Waals surface area (Å²) in [5.41, 5.74) is 4.03. The SMILES string of the molecule is CC(=O)c1cc(F)ccc1-c1nn(C)cc1CCc1cnn(CC2CC2)c1. The minimum absolute atomic E-state index is 0.164. The number of Topliss-reactive ketones (excluding diaryl/α,β-unsaturated/α-hetero) is 1. The Labute approximate surface area is 157 Å². The number of hydrogen-bond donors (Lipinski definition) is 0. The Morgan fingerprint density at radius 3 is 2.81 bits per heavy atom. The molecule has 140 valence electrons. The normalized spacial score (nSPS) is 13.9. The van der Waals surface area contributed by atoms with Gasteiger partial charge in [0.25, 0.3) is 0 Å². The third-order valence-corrected chi connectivity index (χ3v) is 5.03. The van der Waals surface area contributed by atoms with Crippen molar-refractivity contribution in [2.75, 3.05) is 0 Å². The van der Waals surface area contributed by atoms with Gasteiger partial charge in [-0.05, 0) is 67.9 Å². The topological polar surface area (TPSA) is 52.7 Å². The van der Waals surface area contributed by atoms with Gasteiger partial charge >= 0.3 is 0 Å². The van der Waals surface area contributed by atoms with Crippen molar-refractivity contribution in [2.45, 2.75) is 39.2 Å². The lowest BCUT2D eigenvalue weighted by molar-refractivity contribution is 0.101. The fraction of sp³-hybridized carbons (Fsp3) is 0.381. The Hall–Kier alpha value is -2.76. The van der Waals surface area contributed by atoms with E-state index in [1.807, 2.05) is 24.1 Å². The molecule has 0 bridgehead atoms. The molecule has 6 heteroatoms. The molecule has 1 aliphatic carbocycles. The Morgan fingerprint density at radius 1 is 1.26 bits per heavy atom. The summed E-state index contributed by atoms with van der Waals surface area (Å²) in [6.07, 6.45) is 10.3. The van der Waals surface area contributed by atoms with Gasteiger partial charge in [0.15, 0.2) is 5.78 Å². The molecule has 0 aliphatic heterocycles. The minimum Gasteiger partial charge on any atom is -0.294 e. The molecule has 0 spiro atoms. The van der Waals surface area contributed by atoms with Gasteiger partial charge in [-0.25, -0.2) is 4.39 Å². The Bertz CT molecular complexity index is 984. The van der Waals surface area contributed by atoms with Gasteiger partial charge in [0, 0.05) is 37.1 Å². The van der Waals surface area contributed by atoms with E-state index >= 15 is 0 Å². The monoisotopic (exact) mass is 366 g/mol. The number of carbonyl (C=O) groups excluding carboxylic acids is 1. The number of halogens is 1. The van der Waals surface area contributed by atoms with Gasteiger partial charge in [-0.3, -0.25) is 14.2 Å². The first-order valence-electron chi connectivity index (χ1n) is 9.34. The smallest absolute Gasteiger partial charge is 0.160 e. The largest absolute Gasteiger partial charge is 0.294 e. The molecule has 3 aromatic rings. The molecule has 1 fully saturated rings. The third-order valence-electron chi connectivity index (χ3n) is 5.03. The van der Waals surface area contributed by atoms with Gasteiger partial charge in [0.2, 0.25) is 0 Å². The summed E-state index contributed by atoms with van der Waals surface area (Å²) in [5, 5.41) is 8.99. The highest BCUT2D eigenvalue weighted by Crippen LogP contribution is 2.30. The number of benzene rings is 1. The average Bonchev–Trinajstić information content (AvgIpc) is 3.19. The number of rotatable bonds is 7. The van der Waals surface area contributed by atoms with Gasteiger partial charge in [-0.1, -0.05) is 0 Å². The van der Waals surface area contributed by atoms with Crippen LogP contribution in [0.3, 0.4) is 0 Å². The molecule has 5 nitrogen and oxygen atoms in total. The average molecular weight is 366 g/mol. The van der Waals surface area contributed by atoms with Gasteiger partial charge in [-0.2, -0.15) is 10.2 Å². The molecule has 1 aliphatic rings. The summed E-state index contributed by atoms with van der Waals surface area (Å²) in [6.45, 7) is 2.46. The lowest BCUT2D eigenvalue weighted by atomic mass is 9.97. The molecule has 0 radical (unpaired) electrons. The van der Waals surface area contributed by atoms with Crippen molar-refractivity contribution in [1.82, 2.24) is 19.6 Å². The van der Waals surface area contributed by atoms with Crippen LogP contribution in [0.25, 0.3) is 11.3 Å². The summed E-state index contributed by atoms with van der Waals surface area (Å²) in [7, 11) is 1.86. The number of aromatic nitrogens is 4. The second kappa shape index (κ2) is 7.10. The van der Waals surface area contributed by atoms with Crippen LogP contribution in [0.1, 0.15) is 41.3 Å². The summed E-state index contributed by atoms with van der Waals surface area (Å²) in [5.74, 6) is 0.220. The van der Waals surface area contributed by atoms with Crippen LogP contribution in [-0.2, 0) is 26.4 Å². The van der Waals surface area contributed by atoms with Crippen molar-refractivity contribution in [2.24, 2.45) is 13.0 Å². The number of nitrogens with zero attached hydrogens (tertiary/aromatic N) is 4. The summed E-state index contributed by atoms with van der Waals surface area (Å²) in [4.78, 5) is 12.0. The highest BCUT2D eigenvalue weighted by molar-refractivity contribution is 6.00. The van der Waals surface area contributed by atoms with Gasteiger partial charge < -0.3 is 0 Å². The van der Waals surface area contributed by atoms with Crippen LogP contribution >= 0.6 is 0 Å². The molecule has 27 heavy (non-hydrogen) atoms. The highest BCUT2D eigenvalue weighted by atomic mass is 19.1. The molecule has 0 amide bonds. The van der Waals surface area contributed by atoms with E-state index in [-0.39, 0.29) is 5.78 Å².